The minimum absolute atomic E-state index is 0.00639. The van der Waals surface area contributed by atoms with Gasteiger partial charge in [0.2, 0.25) is 5.91 Å². The van der Waals surface area contributed by atoms with Crippen LogP contribution < -0.4 is 15.5 Å². The van der Waals surface area contributed by atoms with E-state index in [0.717, 1.165) is 24.5 Å². The van der Waals surface area contributed by atoms with Crippen LogP contribution in [0, 0.1) is 0 Å². The van der Waals surface area contributed by atoms with Crippen LogP contribution in [-0.2, 0) is 4.79 Å². The van der Waals surface area contributed by atoms with Gasteiger partial charge in [0, 0.05) is 35.7 Å². The largest absolute Gasteiger partial charge is 0.376 e. The Morgan fingerprint density at radius 2 is 1.69 bits per heavy atom. The maximum absolute atomic E-state index is 12.1. The fourth-order valence-electron chi connectivity index (χ4n) is 3.14. The number of piperidine rings is 1. The van der Waals surface area contributed by atoms with Crippen molar-refractivity contribution in [2.24, 2.45) is 0 Å². The van der Waals surface area contributed by atoms with E-state index in [1.165, 1.54) is 31.9 Å². The van der Waals surface area contributed by atoms with Gasteiger partial charge in [-0.2, -0.15) is 0 Å². The third kappa shape index (κ3) is 4.85. The lowest BCUT2D eigenvalue weighted by atomic mass is 10.1. The molecule has 0 atom stereocenters. The summed E-state index contributed by atoms with van der Waals surface area (Å²) in [6, 6.07) is 15.2. The summed E-state index contributed by atoms with van der Waals surface area (Å²) in [5, 5.41) is 5.94. The van der Waals surface area contributed by atoms with E-state index in [4.69, 9.17) is 0 Å². The molecule has 0 bridgehead atoms. The third-order valence-corrected chi connectivity index (χ3v) is 4.59. The molecule has 1 saturated heterocycles. The Hall–Kier alpha value is -2.82. The van der Waals surface area contributed by atoms with Crippen LogP contribution in [0.5, 0.6) is 0 Å². The zero-order valence-corrected chi connectivity index (χ0v) is 15.1. The molecule has 0 aromatic heterocycles. The number of ketones is 1. The topological polar surface area (TPSA) is 61.4 Å². The van der Waals surface area contributed by atoms with Gasteiger partial charge in [-0.1, -0.05) is 12.1 Å². The fraction of sp³-hybridized carbons (Fsp3) is 0.333. The molecule has 1 heterocycles. The predicted octanol–water partition coefficient (Wildman–Crippen LogP) is 3.93. The number of Topliss-reactive ketones (excluding diaryl/α,β-unsaturated/α-hetero) is 1. The van der Waals surface area contributed by atoms with Gasteiger partial charge in [-0.05, 0) is 62.6 Å². The van der Waals surface area contributed by atoms with Gasteiger partial charge in [0.05, 0.1) is 6.54 Å². The van der Waals surface area contributed by atoms with Gasteiger partial charge >= 0.3 is 0 Å². The second kappa shape index (κ2) is 8.52. The van der Waals surface area contributed by atoms with Gasteiger partial charge in [0.25, 0.3) is 0 Å². The monoisotopic (exact) mass is 351 g/mol. The number of nitrogens with one attached hydrogen (secondary N) is 2. The number of anilines is 3. The summed E-state index contributed by atoms with van der Waals surface area (Å²) in [4.78, 5) is 25.9. The van der Waals surface area contributed by atoms with Crippen molar-refractivity contribution >= 4 is 28.8 Å². The van der Waals surface area contributed by atoms with E-state index in [2.05, 4.69) is 27.7 Å². The van der Waals surface area contributed by atoms with Gasteiger partial charge in [0.15, 0.2) is 5.78 Å². The maximum atomic E-state index is 12.1. The molecule has 2 N–H and O–H groups in total. The van der Waals surface area contributed by atoms with Crippen molar-refractivity contribution in [3.8, 4) is 0 Å². The van der Waals surface area contributed by atoms with E-state index in [1.54, 1.807) is 18.2 Å². The molecule has 1 amide bonds. The molecular weight excluding hydrogens is 326 g/mol. The first-order valence-corrected chi connectivity index (χ1v) is 9.11. The summed E-state index contributed by atoms with van der Waals surface area (Å²) in [5.41, 5.74) is 3.38. The Labute approximate surface area is 154 Å². The Kier molecular flexibility index (Phi) is 5.89. The van der Waals surface area contributed by atoms with Gasteiger partial charge in [0.1, 0.15) is 0 Å². The van der Waals surface area contributed by atoms with Crippen LogP contribution >= 0.6 is 0 Å². The molecule has 26 heavy (non-hydrogen) atoms. The smallest absolute Gasteiger partial charge is 0.243 e. The number of hydrogen-bond acceptors (Lipinski definition) is 4. The number of hydrogen-bond donors (Lipinski definition) is 2. The van der Waals surface area contributed by atoms with Gasteiger partial charge < -0.3 is 15.5 Å². The van der Waals surface area contributed by atoms with Crippen LogP contribution in [0.4, 0.5) is 17.1 Å². The quantitative estimate of drug-likeness (QED) is 0.774. The van der Waals surface area contributed by atoms with Crippen molar-refractivity contribution in [2.75, 3.05) is 35.2 Å². The van der Waals surface area contributed by atoms with Crippen LogP contribution in [0.3, 0.4) is 0 Å². The number of amides is 1. The van der Waals surface area contributed by atoms with E-state index >= 15 is 0 Å². The highest BCUT2D eigenvalue weighted by Crippen LogP contribution is 2.21. The molecule has 2 aromatic carbocycles. The molecule has 2 aromatic rings. The molecule has 0 spiro atoms. The Bertz CT molecular complexity index is 765. The van der Waals surface area contributed by atoms with Crippen molar-refractivity contribution in [2.45, 2.75) is 26.2 Å². The zero-order valence-electron chi connectivity index (χ0n) is 15.1. The first-order valence-electron chi connectivity index (χ1n) is 9.11. The number of rotatable bonds is 6. The first kappa shape index (κ1) is 18.0. The van der Waals surface area contributed by atoms with E-state index in [0.29, 0.717) is 5.56 Å². The lowest BCUT2D eigenvalue weighted by Gasteiger charge is -2.28. The second-order valence-electron chi connectivity index (χ2n) is 6.63. The van der Waals surface area contributed by atoms with Crippen molar-refractivity contribution in [3.63, 3.8) is 0 Å². The third-order valence-electron chi connectivity index (χ3n) is 4.59. The number of benzene rings is 2. The van der Waals surface area contributed by atoms with Gasteiger partial charge in [-0.15, -0.1) is 0 Å². The highest BCUT2D eigenvalue weighted by molar-refractivity contribution is 5.96. The Morgan fingerprint density at radius 1 is 0.962 bits per heavy atom. The molecule has 0 unspecified atom stereocenters. The molecule has 5 nitrogen and oxygen atoms in total. The Balaban J connectivity index is 1.51. The van der Waals surface area contributed by atoms with Crippen LogP contribution in [0.1, 0.15) is 36.5 Å². The average Bonchev–Trinajstić information content (AvgIpc) is 2.68. The molecule has 0 aliphatic carbocycles. The zero-order chi connectivity index (χ0) is 18.4. The molecule has 3 rings (SSSR count). The van der Waals surface area contributed by atoms with Crippen molar-refractivity contribution in [1.29, 1.82) is 0 Å². The number of nitrogens with zero attached hydrogens (tertiary/aromatic N) is 1. The summed E-state index contributed by atoms with van der Waals surface area (Å²) in [5.74, 6) is -0.115. The van der Waals surface area contributed by atoms with Gasteiger partial charge in [-0.3, -0.25) is 9.59 Å². The van der Waals surface area contributed by atoms with Crippen LogP contribution in [0.25, 0.3) is 0 Å². The van der Waals surface area contributed by atoms with Crippen molar-refractivity contribution in [3.05, 3.63) is 54.1 Å². The van der Waals surface area contributed by atoms with Gasteiger partial charge in [-0.25, -0.2) is 0 Å². The van der Waals surface area contributed by atoms with Crippen LogP contribution in [-0.4, -0.2) is 31.3 Å². The second-order valence-corrected chi connectivity index (χ2v) is 6.63. The summed E-state index contributed by atoms with van der Waals surface area (Å²) < 4.78 is 0. The lowest BCUT2D eigenvalue weighted by Crippen LogP contribution is -2.29. The van der Waals surface area contributed by atoms with E-state index in [-0.39, 0.29) is 18.2 Å². The normalized spacial score (nSPS) is 14.0. The molecule has 1 aliphatic heterocycles. The van der Waals surface area contributed by atoms with Crippen LogP contribution in [0.2, 0.25) is 0 Å². The van der Waals surface area contributed by atoms with Crippen LogP contribution in [0.15, 0.2) is 48.5 Å². The van der Waals surface area contributed by atoms with E-state index in [9.17, 15) is 9.59 Å². The lowest BCUT2D eigenvalue weighted by molar-refractivity contribution is -0.114. The minimum Gasteiger partial charge on any atom is -0.376 e. The number of carbonyl (C=O) groups excluding carboxylic acids is 2. The Morgan fingerprint density at radius 3 is 2.38 bits per heavy atom. The minimum atomic E-state index is -0.121. The van der Waals surface area contributed by atoms with Crippen molar-refractivity contribution < 1.29 is 9.59 Å². The summed E-state index contributed by atoms with van der Waals surface area (Å²) in [7, 11) is 0. The molecule has 136 valence electrons. The number of carbonyl (C=O) groups is 2. The molecule has 1 aliphatic rings. The summed E-state index contributed by atoms with van der Waals surface area (Å²) in [6.07, 6.45) is 3.80. The average molecular weight is 351 g/mol. The van der Waals surface area contributed by atoms with E-state index < -0.39 is 0 Å². The standard InChI is InChI=1S/C21H25N3O2/c1-16(25)17-6-5-7-19(14-17)22-15-21(26)23-18-8-10-20(11-9-18)24-12-3-2-4-13-24/h5-11,14,22H,2-4,12-13,15H2,1H3,(H,23,26). The SMILES string of the molecule is CC(=O)c1cccc(NCC(=O)Nc2ccc(N3CCCCC3)cc2)c1. The highest BCUT2D eigenvalue weighted by Gasteiger charge is 2.11. The first-order chi connectivity index (χ1) is 12.6. The van der Waals surface area contributed by atoms with Crippen molar-refractivity contribution in [1.82, 2.24) is 0 Å². The molecule has 1 fully saturated rings. The maximum Gasteiger partial charge on any atom is 0.243 e. The highest BCUT2D eigenvalue weighted by atomic mass is 16.2. The molecule has 0 radical (unpaired) electrons. The fourth-order valence-corrected chi connectivity index (χ4v) is 3.14. The van der Waals surface area contributed by atoms with E-state index in [1.807, 2.05) is 18.2 Å². The molecule has 0 saturated carbocycles. The predicted molar refractivity (Wildman–Crippen MR) is 106 cm³/mol. The summed E-state index contributed by atoms with van der Waals surface area (Å²) in [6.45, 7) is 3.89. The summed E-state index contributed by atoms with van der Waals surface area (Å²) >= 11 is 0. The molecule has 5 heteroatoms. The molecular formula is C21H25N3O2.